The van der Waals surface area contributed by atoms with Gasteiger partial charge in [-0.15, -0.1) is 0 Å². The molecule has 0 spiro atoms. The maximum Gasteiger partial charge on any atom is 0.0794 e. The normalized spacial score (nSPS) is 11.4. The second kappa shape index (κ2) is 14.0. The molecule has 270 valence electrons. The monoisotopic (exact) mass is 738 g/mol. The van der Waals surface area contributed by atoms with E-state index in [0.717, 1.165) is 72.7 Å². The van der Waals surface area contributed by atoms with Crippen LogP contribution in [0.2, 0.25) is 0 Å². The Labute approximate surface area is 335 Å². The van der Waals surface area contributed by atoms with E-state index in [-0.39, 0.29) is 0 Å². The predicted octanol–water partition coefficient (Wildman–Crippen LogP) is 13.9. The standard InChI is InChI=1S/C54H34N4/c1-3-9-46-44(7-1)45-8-2-4-10-47(45)53-52(46)48-11-5-6-12-49(48)58-54(53)42-23-17-37(18-24-42)43-33-50(40-19-13-35(14-20-40)38-25-29-55-30-26-38)57-51(34-43)41-21-15-36(16-22-41)39-27-31-56-32-28-39/h1-34H. The molecule has 11 rings (SSSR count). The summed E-state index contributed by atoms with van der Waals surface area (Å²) in [6.45, 7) is 0. The molecule has 4 heteroatoms. The molecular weight excluding hydrogens is 705 g/mol. The summed E-state index contributed by atoms with van der Waals surface area (Å²) in [4.78, 5) is 19.0. The van der Waals surface area contributed by atoms with Gasteiger partial charge in [0.2, 0.25) is 0 Å². The van der Waals surface area contributed by atoms with Crippen molar-refractivity contribution in [2.45, 2.75) is 0 Å². The first-order valence-corrected chi connectivity index (χ1v) is 19.5. The molecule has 0 atom stereocenters. The number of rotatable bonds is 6. The number of fused-ring (bicyclic) bond motifs is 8. The van der Waals surface area contributed by atoms with Crippen LogP contribution >= 0.6 is 0 Å². The van der Waals surface area contributed by atoms with Gasteiger partial charge in [0.15, 0.2) is 0 Å². The van der Waals surface area contributed by atoms with Gasteiger partial charge in [0.05, 0.1) is 22.6 Å². The Morgan fingerprint density at radius 1 is 0.259 bits per heavy atom. The smallest absolute Gasteiger partial charge is 0.0794 e. The van der Waals surface area contributed by atoms with Gasteiger partial charge in [-0.05, 0) is 97.4 Å². The minimum atomic E-state index is 0.914. The van der Waals surface area contributed by atoms with Crippen molar-refractivity contribution in [1.29, 1.82) is 0 Å². The van der Waals surface area contributed by atoms with Crippen molar-refractivity contribution in [2.75, 3.05) is 0 Å². The molecule has 58 heavy (non-hydrogen) atoms. The van der Waals surface area contributed by atoms with Crippen LogP contribution in [0.5, 0.6) is 0 Å². The first-order valence-electron chi connectivity index (χ1n) is 19.5. The molecule has 0 saturated heterocycles. The quantitative estimate of drug-likeness (QED) is 0.159. The van der Waals surface area contributed by atoms with E-state index in [2.05, 4.69) is 168 Å². The molecule has 11 aromatic rings. The summed E-state index contributed by atoms with van der Waals surface area (Å²) in [5, 5.41) is 8.53. The van der Waals surface area contributed by atoms with Crippen molar-refractivity contribution in [1.82, 2.24) is 19.9 Å². The third-order valence-corrected chi connectivity index (χ3v) is 11.3. The SMILES string of the molecule is c1ccc2c(c1)nc(-c1ccc(-c3cc(-c4ccc(-c5ccncc5)cc4)nc(-c4ccc(-c5ccncc5)cc4)c3)cc1)c1c3ccccc3c3ccccc3c21. The third kappa shape index (κ3) is 5.87. The summed E-state index contributed by atoms with van der Waals surface area (Å²) < 4.78 is 0. The molecular formula is C54H34N4. The van der Waals surface area contributed by atoms with Crippen molar-refractivity contribution in [3.8, 4) is 67.2 Å². The number of hydrogen-bond acceptors (Lipinski definition) is 4. The summed E-state index contributed by atoms with van der Waals surface area (Å²) >= 11 is 0. The Bertz CT molecular complexity index is 3190. The summed E-state index contributed by atoms with van der Waals surface area (Å²) in [5.41, 5.74) is 13.7. The van der Waals surface area contributed by atoms with Crippen LogP contribution in [-0.2, 0) is 0 Å². The van der Waals surface area contributed by atoms with E-state index in [4.69, 9.17) is 9.97 Å². The number of benzene rings is 7. The van der Waals surface area contributed by atoms with Crippen LogP contribution in [0.15, 0.2) is 207 Å². The first-order chi connectivity index (χ1) is 28.7. The zero-order chi connectivity index (χ0) is 38.4. The molecule has 0 unspecified atom stereocenters. The zero-order valence-corrected chi connectivity index (χ0v) is 31.4. The van der Waals surface area contributed by atoms with Crippen LogP contribution in [0.1, 0.15) is 0 Å². The molecule has 0 N–H and O–H groups in total. The lowest BCUT2D eigenvalue weighted by molar-refractivity contribution is 1.32. The average Bonchev–Trinajstić information content (AvgIpc) is 3.32. The molecule has 0 aliphatic heterocycles. The maximum atomic E-state index is 5.38. The van der Waals surface area contributed by atoms with E-state index in [1.54, 1.807) is 0 Å². The fourth-order valence-electron chi connectivity index (χ4n) is 8.40. The second-order valence-corrected chi connectivity index (χ2v) is 14.6. The lowest BCUT2D eigenvalue weighted by Crippen LogP contribution is -1.94. The van der Waals surface area contributed by atoms with E-state index >= 15 is 0 Å². The van der Waals surface area contributed by atoms with Crippen LogP contribution in [0.3, 0.4) is 0 Å². The first kappa shape index (κ1) is 33.5. The Hall–Kier alpha value is -7.82. The molecule has 4 aromatic heterocycles. The predicted molar refractivity (Wildman–Crippen MR) is 240 cm³/mol. The van der Waals surface area contributed by atoms with Gasteiger partial charge >= 0.3 is 0 Å². The zero-order valence-electron chi connectivity index (χ0n) is 31.4. The molecule has 0 bridgehead atoms. The van der Waals surface area contributed by atoms with Gasteiger partial charge in [0.1, 0.15) is 0 Å². The maximum absolute atomic E-state index is 5.38. The lowest BCUT2D eigenvalue weighted by atomic mass is 9.89. The van der Waals surface area contributed by atoms with Crippen molar-refractivity contribution < 1.29 is 0 Å². The molecule has 0 fully saturated rings. The van der Waals surface area contributed by atoms with Gasteiger partial charge in [-0.2, -0.15) is 0 Å². The number of para-hydroxylation sites is 1. The lowest BCUT2D eigenvalue weighted by Gasteiger charge is -2.16. The molecule has 0 aliphatic rings. The molecule has 0 saturated carbocycles. The van der Waals surface area contributed by atoms with E-state index in [1.165, 1.54) is 37.7 Å². The Morgan fingerprint density at radius 3 is 1.16 bits per heavy atom. The van der Waals surface area contributed by atoms with Gasteiger partial charge in [0, 0.05) is 57.6 Å². The average molecular weight is 739 g/mol. The van der Waals surface area contributed by atoms with Gasteiger partial charge in [-0.1, -0.05) is 140 Å². The van der Waals surface area contributed by atoms with Gasteiger partial charge in [-0.25, -0.2) is 9.97 Å². The third-order valence-electron chi connectivity index (χ3n) is 11.3. The van der Waals surface area contributed by atoms with Crippen molar-refractivity contribution in [2.24, 2.45) is 0 Å². The van der Waals surface area contributed by atoms with Gasteiger partial charge in [0.25, 0.3) is 0 Å². The molecule has 7 aromatic carbocycles. The van der Waals surface area contributed by atoms with Crippen molar-refractivity contribution >= 4 is 43.2 Å². The largest absolute Gasteiger partial charge is 0.265 e. The molecule has 4 heterocycles. The number of aromatic nitrogens is 4. The van der Waals surface area contributed by atoms with E-state index in [0.29, 0.717) is 0 Å². The van der Waals surface area contributed by atoms with Crippen LogP contribution < -0.4 is 0 Å². The fraction of sp³-hybridized carbons (Fsp3) is 0. The van der Waals surface area contributed by atoms with Crippen LogP contribution in [0.4, 0.5) is 0 Å². The highest BCUT2D eigenvalue weighted by Crippen LogP contribution is 2.43. The summed E-state index contributed by atoms with van der Waals surface area (Å²) in [6.07, 6.45) is 7.31. The number of hydrogen-bond donors (Lipinski definition) is 0. The summed E-state index contributed by atoms with van der Waals surface area (Å²) in [5.74, 6) is 0. The minimum Gasteiger partial charge on any atom is -0.265 e. The van der Waals surface area contributed by atoms with Crippen molar-refractivity contribution in [3.05, 3.63) is 207 Å². The van der Waals surface area contributed by atoms with Crippen LogP contribution in [0.25, 0.3) is 110 Å². The topological polar surface area (TPSA) is 51.6 Å². The summed E-state index contributed by atoms with van der Waals surface area (Å²) in [6, 6.07) is 64.7. The highest BCUT2D eigenvalue weighted by molar-refractivity contribution is 6.33. The molecule has 0 amide bonds. The Morgan fingerprint density at radius 2 is 0.638 bits per heavy atom. The molecule has 4 nitrogen and oxygen atoms in total. The van der Waals surface area contributed by atoms with Crippen molar-refractivity contribution in [3.63, 3.8) is 0 Å². The second-order valence-electron chi connectivity index (χ2n) is 14.6. The van der Waals surface area contributed by atoms with Crippen LogP contribution in [-0.4, -0.2) is 19.9 Å². The number of pyridine rings is 4. The fourth-order valence-corrected chi connectivity index (χ4v) is 8.40. The van der Waals surface area contributed by atoms with E-state index < -0.39 is 0 Å². The number of nitrogens with zero attached hydrogens (tertiary/aromatic N) is 4. The molecule has 0 radical (unpaired) electrons. The Balaban J connectivity index is 1.05. The van der Waals surface area contributed by atoms with Crippen LogP contribution in [0, 0.1) is 0 Å². The summed E-state index contributed by atoms with van der Waals surface area (Å²) in [7, 11) is 0. The minimum absolute atomic E-state index is 0.914. The van der Waals surface area contributed by atoms with E-state index in [1.807, 2.05) is 49.1 Å². The van der Waals surface area contributed by atoms with Gasteiger partial charge < -0.3 is 0 Å². The highest BCUT2D eigenvalue weighted by atomic mass is 14.7. The van der Waals surface area contributed by atoms with E-state index in [9.17, 15) is 0 Å². The Kier molecular flexibility index (Phi) is 8.11. The highest BCUT2D eigenvalue weighted by Gasteiger charge is 2.18. The van der Waals surface area contributed by atoms with Gasteiger partial charge in [-0.3, -0.25) is 9.97 Å². The molecule has 0 aliphatic carbocycles.